The van der Waals surface area contributed by atoms with Gasteiger partial charge in [0.05, 0.1) is 17.0 Å². The molecule has 31 heavy (non-hydrogen) atoms. The molecule has 2 aliphatic rings. The number of carbonyl (C=O) groups is 1. The number of aryl methyl sites for hydroxylation is 1. The maximum absolute atomic E-state index is 11.4. The van der Waals surface area contributed by atoms with Gasteiger partial charge in [0.25, 0.3) is 6.01 Å². The molecule has 0 bridgehead atoms. The summed E-state index contributed by atoms with van der Waals surface area (Å²) in [6.45, 7) is 2.67. The molecule has 6 nitrogen and oxygen atoms in total. The Kier molecular flexibility index (Phi) is 5.30. The molecule has 3 aromatic rings. The summed E-state index contributed by atoms with van der Waals surface area (Å²) in [6.07, 6.45) is 5.14. The van der Waals surface area contributed by atoms with Gasteiger partial charge in [-0.3, -0.25) is 9.36 Å². The van der Waals surface area contributed by atoms with Gasteiger partial charge in [-0.1, -0.05) is 30.3 Å². The van der Waals surface area contributed by atoms with Crippen molar-refractivity contribution in [2.45, 2.75) is 64.1 Å². The number of fused-ring (bicyclic) bond motifs is 3. The van der Waals surface area contributed by atoms with Crippen molar-refractivity contribution in [3.63, 3.8) is 0 Å². The molecule has 5 rings (SSSR count). The first-order valence-electron chi connectivity index (χ1n) is 11.3. The second kappa shape index (κ2) is 8.25. The lowest BCUT2D eigenvalue weighted by molar-refractivity contribution is -0.143. The fraction of sp³-hybridized carbons (Fsp3) is 0.440. The van der Waals surface area contributed by atoms with E-state index in [1.165, 1.54) is 11.3 Å². The van der Waals surface area contributed by atoms with Crippen molar-refractivity contribution >= 4 is 22.7 Å². The van der Waals surface area contributed by atoms with Crippen LogP contribution in [0.2, 0.25) is 0 Å². The van der Waals surface area contributed by atoms with Crippen LogP contribution in [0.1, 0.15) is 56.2 Å². The minimum absolute atomic E-state index is 0.208. The predicted octanol–water partition coefficient (Wildman–Crippen LogP) is 5.18. The van der Waals surface area contributed by atoms with E-state index in [4.69, 9.17) is 9.72 Å². The Bertz CT molecular complexity index is 1080. The molecular formula is C25H29N3O3. The lowest BCUT2D eigenvalue weighted by atomic mass is 9.86. The van der Waals surface area contributed by atoms with Gasteiger partial charge in [-0.15, -0.1) is 0 Å². The number of hydrogen-bond donors (Lipinski definition) is 2. The summed E-state index contributed by atoms with van der Waals surface area (Å²) in [5.74, 6) is -0.915. The number of aliphatic carboxylic acids is 1. The van der Waals surface area contributed by atoms with E-state index in [0.717, 1.165) is 42.3 Å². The second-order valence-corrected chi connectivity index (χ2v) is 8.93. The number of nitrogens with zero attached hydrogens (tertiary/aromatic N) is 2. The molecule has 2 N–H and O–H groups in total. The van der Waals surface area contributed by atoms with Crippen LogP contribution in [0.4, 0.5) is 5.69 Å². The summed E-state index contributed by atoms with van der Waals surface area (Å²) in [5, 5.41) is 13.0. The molecule has 0 unspecified atom stereocenters. The molecule has 2 heterocycles. The van der Waals surface area contributed by atoms with Gasteiger partial charge in [-0.05, 0) is 63.1 Å². The Hall–Kier alpha value is -3.02. The van der Waals surface area contributed by atoms with E-state index in [9.17, 15) is 9.90 Å². The maximum atomic E-state index is 11.4. The number of carboxylic acid groups (broad SMARTS) is 1. The first kappa shape index (κ1) is 19.9. The van der Waals surface area contributed by atoms with Crippen LogP contribution in [-0.2, 0) is 17.8 Å². The Morgan fingerprint density at radius 3 is 2.65 bits per heavy atom. The number of ether oxygens (including phenoxy) is 1. The van der Waals surface area contributed by atoms with Crippen LogP contribution in [0.15, 0.2) is 42.5 Å². The zero-order valence-corrected chi connectivity index (χ0v) is 17.9. The molecule has 0 spiro atoms. The molecule has 0 amide bonds. The molecular weight excluding hydrogens is 390 g/mol. The molecule has 1 saturated carbocycles. The highest BCUT2D eigenvalue weighted by Gasteiger charge is 2.30. The van der Waals surface area contributed by atoms with Crippen molar-refractivity contribution in [3.8, 4) is 6.01 Å². The molecule has 1 atom stereocenters. The smallest absolute Gasteiger partial charge is 0.306 e. The van der Waals surface area contributed by atoms with Crippen LogP contribution in [0.3, 0.4) is 0 Å². The Morgan fingerprint density at radius 1 is 1.13 bits per heavy atom. The molecule has 1 fully saturated rings. The number of imidazole rings is 1. The number of rotatable bonds is 5. The Morgan fingerprint density at radius 2 is 1.90 bits per heavy atom. The molecule has 0 radical (unpaired) electrons. The highest BCUT2D eigenvalue weighted by Crippen LogP contribution is 2.40. The van der Waals surface area contributed by atoms with E-state index < -0.39 is 5.97 Å². The zero-order chi connectivity index (χ0) is 21.4. The third-order valence-electron chi connectivity index (χ3n) is 6.79. The van der Waals surface area contributed by atoms with Crippen molar-refractivity contribution in [2.24, 2.45) is 5.92 Å². The van der Waals surface area contributed by atoms with Gasteiger partial charge >= 0.3 is 5.97 Å². The van der Waals surface area contributed by atoms with Gasteiger partial charge in [-0.2, -0.15) is 4.98 Å². The van der Waals surface area contributed by atoms with Gasteiger partial charge < -0.3 is 15.2 Å². The normalized spacial score (nSPS) is 23.2. The van der Waals surface area contributed by atoms with E-state index >= 15 is 0 Å². The van der Waals surface area contributed by atoms with Gasteiger partial charge in [0, 0.05) is 23.3 Å². The third-order valence-corrected chi connectivity index (χ3v) is 6.79. The van der Waals surface area contributed by atoms with Crippen LogP contribution in [0.5, 0.6) is 6.01 Å². The summed E-state index contributed by atoms with van der Waals surface area (Å²) < 4.78 is 8.49. The standard InChI is InChI=1S/C25H29N3O3/c1-16-7-12-20-21(26-16)13-14-22-23(20)27-25(31-15-17-5-3-2-4-6-17)28(22)19-10-8-18(9-11-19)24(29)30/h2-6,13-14,16,18-19,26H,7-12,15H2,1H3,(H,29,30)/t16-,18?,19?/m0/s1. The van der Waals surface area contributed by atoms with Crippen molar-refractivity contribution in [1.29, 1.82) is 0 Å². The molecule has 1 aromatic heterocycles. The second-order valence-electron chi connectivity index (χ2n) is 8.93. The monoisotopic (exact) mass is 419 g/mol. The summed E-state index contributed by atoms with van der Waals surface area (Å²) in [4.78, 5) is 16.4. The van der Waals surface area contributed by atoms with E-state index in [2.05, 4.69) is 41.1 Å². The molecule has 0 saturated heterocycles. The van der Waals surface area contributed by atoms with E-state index in [1.54, 1.807) is 0 Å². The number of carboxylic acids is 1. The number of benzene rings is 2. The summed E-state index contributed by atoms with van der Waals surface area (Å²) in [5.41, 5.74) is 5.64. The highest BCUT2D eigenvalue weighted by atomic mass is 16.5. The van der Waals surface area contributed by atoms with Crippen molar-refractivity contribution in [2.75, 3.05) is 5.32 Å². The zero-order valence-electron chi connectivity index (χ0n) is 17.9. The average Bonchev–Trinajstić information content (AvgIpc) is 3.17. The number of nitrogens with one attached hydrogen (secondary N) is 1. The first-order valence-corrected chi connectivity index (χ1v) is 11.3. The van der Waals surface area contributed by atoms with Crippen molar-refractivity contribution in [1.82, 2.24) is 9.55 Å². The fourth-order valence-electron chi connectivity index (χ4n) is 5.04. The predicted molar refractivity (Wildman–Crippen MR) is 121 cm³/mol. The van der Waals surface area contributed by atoms with Gasteiger partial charge in [0.15, 0.2) is 0 Å². The topological polar surface area (TPSA) is 76.4 Å². The summed E-state index contributed by atoms with van der Waals surface area (Å²) in [6, 6.07) is 15.8. The first-order chi connectivity index (χ1) is 15.1. The largest absolute Gasteiger partial charge is 0.481 e. The third kappa shape index (κ3) is 3.87. The summed E-state index contributed by atoms with van der Waals surface area (Å²) >= 11 is 0. The molecule has 6 heteroatoms. The van der Waals surface area contributed by atoms with Crippen LogP contribution >= 0.6 is 0 Å². The molecule has 1 aliphatic heterocycles. The quantitative estimate of drug-likeness (QED) is 0.596. The van der Waals surface area contributed by atoms with Crippen LogP contribution in [-0.4, -0.2) is 26.7 Å². The lowest BCUT2D eigenvalue weighted by Gasteiger charge is -2.29. The molecule has 162 valence electrons. The highest BCUT2D eigenvalue weighted by molar-refractivity contribution is 5.86. The van der Waals surface area contributed by atoms with Gasteiger partial charge in [0.2, 0.25) is 0 Å². The van der Waals surface area contributed by atoms with Gasteiger partial charge in [0.1, 0.15) is 6.61 Å². The van der Waals surface area contributed by atoms with Crippen molar-refractivity contribution < 1.29 is 14.6 Å². The minimum Gasteiger partial charge on any atom is -0.481 e. The Balaban J connectivity index is 1.52. The molecule has 1 aliphatic carbocycles. The Labute approximate surface area is 182 Å². The minimum atomic E-state index is -0.677. The van der Waals surface area contributed by atoms with Crippen LogP contribution in [0, 0.1) is 5.92 Å². The van der Waals surface area contributed by atoms with Crippen LogP contribution in [0.25, 0.3) is 11.0 Å². The molecule has 2 aromatic carbocycles. The van der Waals surface area contributed by atoms with E-state index in [0.29, 0.717) is 31.5 Å². The number of anilines is 1. The van der Waals surface area contributed by atoms with Gasteiger partial charge in [-0.25, -0.2) is 0 Å². The maximum Gasteiger partial charge on any atom is 0.306 e. The summed E-state index contributed by atoms with van der Waals surface area (Å²) in [7, 11) is 0. The number of aromatic nitrogens is 2. The fourth-order valence-corrected chi connectivity index (χ4v) is 5.04. The van der Waals surface area contributed by atoms with E-state index in [1.807, 2.05) is 18.2 Å². The number of hydrogen-bond acceptors (Lipinski definition) is 4. The average molecular weight is 420 g/mol. The van der Waals surface area contributed by atoms with E-state index in [-0.39, 0.29) is 12.0 Å². The van der Waals surface area contributed by atoms with Crippen molar-refractivity contribution in [3.05, 3.63) is 53.6 Å². The SMILES string of the molecule is C[C@H]1CCc2c(ccc3c2nc(OCc2ccccc2)n3C2CCC(C(=O)O)CC2)N1. The lowest BCUT2D eigenvalue weighted by Crippen LogP contribution is -2.24. The van der Waals surface area contributed by atoms with Crippen LogP contribution < -0.4 is 10.1 Å².